The minimum absolute atomic E-state index is 0.287. The van der Waals surface area contributed by atoms with E-state index in [1.807, 2.05) is 6.07 Å². The summed E-state index contributed by atoms with van der Waals surface area (Å²) < 4.78 is 6.74. The van der Waals surface area contributed by atoms with E-state index in [0.29, 0.717) is 51.1 Å². The predicted octanol–water partition coefficient (Wildman–Crippen LogP) is 3.64. The molecule has 0 aliphatic heterocycles. The summed E-state index contributed by atoms with van der Waals surface area (Å²) in [5.41, 5.74) is 1.56. The number of aromatic amines is 1. The van der Waals surface area contributed by atoms with E-state index in [2.05, 4.69) is 28.9 Å². The van der Waals surface area contributed by atoms with Crippen molar-refractivity contribution in [2.45, 2.75) is 26.8 Å². The first-order valence-corrected chi connectivity index (χ1v) is 10.2. The number of nitrogens with one attached hydrogen (secondary N) is 1. The summed E-state index contributed by atoms with van der Waals surface area (Å²) >= 11 is 6.34. The zero-order valence-electron chi connectivity index (χ0n) is 17.1. The molecule has 0 amide bonds. The molecule has 2 aromatic heterocycles. The minimum atomic E-state index is -1.14. The van der Waals surface area contributed by atoms with E-state index in [1.165, 1.54) is 0 Å². The van der Waals surface area contributed by atoms with Crippen LogP contribution >= 0.6 is 11.6 Å². The van der Waals surface area contributed by atoms with E-state index in [4.69, 9.17) is 21.4 Å². The van der Waals surface area contributed by atoms with E-state index in [0.717, 1.165) is 10.2 Å². The van der Waals surface area contributed by atoms with Gasteiger partial charge in [0.15, 0.2) is 0 Å². The second kappa shape index (κ2) is 8.39. The molecule has 2 N–H and O–H groups in total. The molecule has 2 heterocycles. The van der Waals surface area contributed by atoms with Crippen molar-refractivity contribution in [1.82, 2.24) is 19.7 Å². The summed E-state index contributed by atoms with van der Waals surface area (Å²) in [5, 5.41) is 15.0. The van der Waals surface area contributed by atoms with E-state index >= 15 is 0 Å². The van der Waals surface area contributed by atoms with E-state index in [9.17, 15) is 9.59 Å². The van der Waals surface area contributed by atoms with Crippen molar-refractivity contribution in [2.75, 3.05) is 6.61 Å². The van der Waals surface area contributed by atoms with Crippen LogP contribution in [0.3, 0.4) is 0 Å². The zero-order valence-corrected chi connectivity index (χ0v) is 17.8. The van der Waals surface area contributed by atoms with Crippen molar-refractivity contribution in [2.24, 2.45) is 5.92 Å². The van der Waals surface area contributed by atoms with E-state index in [-0.39, 0.29) is 6.42 Å². The first-order chi connectivity index (χ1) is 14.8. The molecular weight excluding hydrogens is 420 g/mol. The number of H-pyrrole nitrogens is 1. The van der Waals surface area contributed by atoms with Gasteiger partial charge >= 0.3 is 5.97 Å². The molecule has 8 nitrogen and oxygen atoms in total. The fourth-order valence-corrected chi connectivity index (χ4v) is 3.56. The Kier molecular flexibility index (Phi) is 5.65. The number of halogens is 1. The largest absolute Gasteiger partial charge is 0.492 e. The van der Waals surface area contributed by atoms with Crippen molar-refractivity contribution in [3.8, 4) is 5.75 Å². The van der Waals surface area contributed by atoms with Crippen LogP contribution in [0.15, 0.2) is 41.2 Å². The van der Waals surface area contributed by atoms with Crippen LogP contribution in [-0.2, 0) is 17.8 Å². The summed E-state index contributed by atoms with van der Waals surface area (Å²) in [6, 6.07) is 10.6. The number of aromatic nitrogens is 4. The Balaban J connectivity index is 1.74. The van der Waals surface area contributed by atoms with Crippen LogP contribution in [-0.4, -0.2) is 37.4 Å². The average Bonchev–Trinajstić information content (AvgIpc) is 3.10. The van der Waals surface area contributed by atoms with Crippen LogP contribution in [0.5, 0.6) is 5.75 Å². The molecule has 9 heteroatoms. The molecule has 31 heavy (non-hydrogen) atoms. The van der Waals surface area contributed by atoms with Gasteiger partial charge in [0, 0.05) is 11.5 Å². The summed E-state index contributed by atoms with van der Waals surface area (Å²) in [6.07, 6.45) is 0.287. The van der Waals surface area contributed by atoms with Crippen LogP contribution < -0.4 is 10.3 Å². The van der Waals surface area contributed by atoms with Gasteiger partial charge in [-0.25, -0.2) is 9.67 Å². The van der Waals surface area contributed by atoms with Gasteiger partial charge in [-0.2, -0.15) is 5.10 Å². The molecule has 0 unspecified atom stereocenters. The molecule has 0 saturated carbocycles. The summed E-state index contributed by atoms with van der Waals surface area (Å²) in [4.78, 5) is 31.6. The van der Waals surface area contributed by atoms with E-state index in [1.54, 1.807) is 30.3 Å². The lowest BCUT2D eigenvalue weighted by Gasteiger charge is -2.09. The van der Waals surface area contributed by atoms with Crippen LogP contribution in [0.2, 0.25) is 5.02 Å². The van der Waals surface area contributed by atoms with Gasteiger partial charge in [0.05, 0.1) is 40.2 Å². The van der Waals surface area contributed by atoms with Gasteiger partial charge in [-0.15, -0.1) is 0 Å². The topological polar surface area (TPSA) is 110 Å². The highest BCUT2D eigenvalue weighted by Gasteiger charge is 2.15. The maximum Gasteiger partial charge on any atom is 0.325 e. The number of carboxylic acids is 1. The van der Waals surface area contributed by atoms with E-state index < -0.39 is 18.1 Å². The first kappa shape index (κ1) is 20.9. The van der Waals surface area contributed by atoms with Crippen molar-refractivity contribution >= 4 is 39.4 Å². The molecule has 2 aromatic carbocycles. The molecule has 0 aliphatic carbocycles. The number of rotatable bonds is 7. The molecule has 0 fully saturated rings. The predicted molar refractivity (Wildman–Crippen MR) is 118 cm³/mol. The summed E-state index contributed by atoms with van der Waals surface area (Å²) in [7, 11) is 0. The number of hydrogen-bond donors (Lipinski definition) is 2. The average molecular weight is 441 g/mol. The molecule has 0 radical (unpaired) electrons. The SMILES string of the molecule is CC(C)COc1cc2nc(Cc3nn(CC(=O)O)c(=O)c4ccccc34)[nH]c2cc1Cl. The quantitative estimate of drug-likeness (QED) is 0.454. The van der Waals surface area contributed by atoms with Crippen molar-refractivity contribution in [3.63, 3.8) is 0 Å². The molecule has 4 aromatic rings. The van der Waals surface area contributed by atoms with Gasteiger partial charge in [-0.3, -0.25) is 9.59 Å². The molecule has 160 valence electrons. The number of carbonyl (C=O) groups is 1. The molecule has 0 spiro atoms. The number of imidazole rings is 1. The van der Waals surface area contributed by atoms with Gasteiger partial charge in [0.1, 0.15) is 18.1 Å². The highest BCUT2D eigenvalue weighted by molar-refractivity contribution is 6.32. The molecule has 0 atom stereocenters. The second-order valence-electron chi connectivity index (χ2n) is 7.71. The number of aliphatic carboxylic acids is 1. The number of nitrogens with zero attached hydrogens (tertiary/aromatic N) is 3. The molecule has 0 aliphatic rings. The number of ether oxygens (including phenoxy) is 1. The number of fused-ring (bicyclic) bond motifs is 2. The molecule has 4 rings (SSSR count). The van der Waals surface area contributed by atoms with Crippen molar-refractivity contribution in [1.29, 1.82) is 0 Å². The third kappa shape index (κ3) is 4.39. The Morgan fingerprint density at radius 1 is 1.26 bits per heavy atom. The first-order valence-electron chi connectivity index (χ1n) is 9.83. The number of benzene rings is 2. The van der Waals surface area contributed by atoms with Crippen LogP contribution in [0, 0.1) is 5.92 Å². The highest BCUT2D eigenvalue weighted by atomic mass is 35.5. The lowest BCUT2D eigenvalue weighted by atomic mass is 10.1. The van der Waals surface area contributed by atoms with Crippen LogP contribution in [0.4, 0.5) is 0 Å². The van der Waals surface area contributed by atoms with Gasteiger partial charge in [0.25, 0.3) is 5.56 Å². The summed E-state index contributed by atoms with van der Waals surface area (Å²) in [6.45, 7) is 4.15. The fraction of sp³-hybridized carbons (Fsp3) is 0.273. The Morgan fingerprint density at radius 3 is 2.71 bits per heavy atom. The Labute approximate surface area is 182 Å². The lowest BCUT2D eigenvalue weighted by molar-refractivity contribution is -0.138. The Bertz CT molecular complexity index is 1340. The lowest BCUT2D eigenvalue weighted by Crippen LogP contribution is -2.28. The molecular formula is C22H21ClN4O4. The third-order valence-corrected chi connectivity index (χ3v) is 5.02. The Morgan fingerprint density at radius 2 is 2.00 bits per heavy atom. The minimum Gasteiger partial charge on any atom is -0.492 e. The van der Waals surface area contributed by atoms with Gasteiger partial charge in [0.2, 0.25) is 0 Å². The Hall–Kier alpha value is -3.39. The maximum atomic E-state index is 12.6. The smallest absolute Gasteiger partial charge is 0.325 e. The van der Waals surface area contributed by atoms with Crippen molar-refractivity contribution < 1.29 is 14.6 Å². The van der Waals surface area contributed by atoms with Gasteiger partial charge in [-0.1, -0.05) is 43.6 Å². The maximum absolute atomic E-state index is 12.6. The monoisotopic (exact) mass is 440 g/mol. The second-order valence-corrected chi connectivity index (χ2v) is 8.12. The third-order valence-electron chi connectivity index (χ3n) is 4.72. The van der Waals surface area contributed by atoms with Crippen molar-refractivity contribution in [3.05, 3.63) is 63.3 Å². The molecule has 0 bridgehead atoms. The summed E-state index contributed by atoms with van der Waals surface area (Å²) in [5.74, 6) is 0.412. The highest BCUT2D eigenvalue weighted by Crippen LogP contribution is 2.30. The fourth-order valence-electron chi connectivity index (χ4n) is 3.34. The van der Waals surface area contributed by atoms with Gasteiger partial charge < -0.3 is 14.8 Å². The number of hydrogen-bond acceptors (Lipinski definition) is 5. The molecule has 0 saturated heterocycles. The van der Waals surface area contributed by atoms with Crippen LogP contribution in [0.25, 0.3) is 21.8 Å². The zero-order chi connectivity index (χ0) is 22.1. The van der Waals surface area contributed by atoms with Gasteiger partial charge in [-0.05, 0) is 18.1 Å². The number of carboxylic acid groups (broad SMARTS) is 1. The standard InChI is InChI=1S/C22H21ClN4O4/c1-12(2)11-31-19-8-18-17(7-15(19)23)24-20(25-18)9-16-13-5-3-4-6-14(13)22(30)27(26-16)10-21(28)29/h3-8,12H,9-11H2,1-2H3,(H,24,25)(H,28,29). The van der Waals surface area contributed by atoms with Crippen LogP contribution in [0.1, 0.15) is 25.4 Å². The normalized spacial score (nSPS) is 11.5.